The highest BCUT2D eigenvalue weighted by molar-refractivity contribution is 8.01. The number of hydrogen-bond donors (Lipinski definition) is 3. The Balaban J connectivity index is 1.21. The number of nitrogens with one attached hydrogen (secondary N) is 3. The number of methoxy groups -OCH3 is 2. The van der Waals surface area contributed by atoms with E-state index in [4.69, 9.17) is 9.47 Å². The molecule has 0 spiro atoms. The molecule has 0 amide bonds. The molecule has 6 nitrogen and oxygen atoms in total. The number of rotatable bonds is 7. The molecular formula is C20H38N4O2S2. The molecule has 0 aromatic heterocycles. The Labute approximate surface area is 179 Å². The maximum absolute atomic E-state index is 5.71. The fraction of sp³-hybridized carbons (Fsp3) is 1.00. The summed E-state index contributed by atoms with van der Waals surface area (Å²) in [6, 6.07) is 1.37. The van der Waals surface area contributed by atoms with E-state index in [0.29, 0.717) is 22.8 Å². The molecule has 6 atom stereocenters. The Hall–Kier alpha value is 0.460. The van der Waals surface area contributed by atoms with Crippen LogP contribution in [0.15, 0.2) is 0 Å². The summed E-state index contributed by atoms with van der Waals surface area (Å²) in [5.74, 6) is 3.09. The van der Waals surface area contributed by atoms with Gasteiger partial charge in [0.25, 0.3) is 0 Å². The Kier molecular flexibility index (Phi) is 8.26. The molecule has 3 N–H and O–H groups in total. The van der Waals surface area contributed by atoms with Crippen molar-refractivity contribution in [2.24, 2.45) is 5.92 Å². The summed E-state index contributed by atoms with van der Waals surface area (Å²) < 4.78 is 11.3. The lowest BCUT2D eigenvalue weighted by Crippen LogP contribution is -2.45. The highest BCUT2D eigenvalue weighted by Crippen LogP contribution is 2.37. The maximum Gasteiger partial charge on any atom is 0.122 e. The molecule has 2 aliphatic carbocycles. The predicted octanol–water partition coefficient (Wildman–Crippen LogP) is 2.56. The first-order chi connectivity index (χ1) is 13.8. The topological polar surface area (TPSA) is 57.8 Å². The van der Waals surface area contributed by atoms with Crippen LogP contribution in [0.1, 0.15) is 51.4 Å². The fourth-order valence-electron chi connectivity index (χ4n) is 5.31. The minimum atomic E-state index is 0.248. The Morgan fingerprint density at radius 3 is 2.64 bits per heavy atom. The monoisotopic (exact) mass is 430 g/mol. The molecule has 6 unspecified atom stereocenters. The first kappa shape index (κ1) is 21.7. The molecule has 0 aromatic carbocycles. The molecule has 4 fully saturated rings. The van der Waals surface area contributed by atoms with E-state index in [9.17, 15) is 0 Å². The standard InChI is InChI=1S/C20H38N4O2S2/c1-25-17-9-8-14(10-18(17)26-2)19-22-15(11-27-19)12-28-20-23-21-13-24(20)16-6-4-3-5-7-16/h14-23H,3-13H2,1-2H3. The van der Waals surface area contributed by atoms with Crippen LogP contribution in [0.5, 0.6) is 0 Å². The van der Waals surface area contributed by atoms with Gasteiger partial charge in [0, 0.05) is 37.8 Å². The molecule has 4 rings (SSSR count). The maximum atomic E-state index is 5.71. The van der Waals surface area contributed by atoms with Crippen LogP contribution in [-0.4, -0.2) is 72.5 Å². The SMILES string of the molecule is COC1CCC(C2NC(CSC3NNCN3C3CCCCC3)CS2)CC1OC. The van der Waals surface area contributed by atoms with Gasteiger partial charge < -0.3 is 14.8 Å². The molecule has 0 bridgehead atoms. The summed E-state index contributed by atoms with van der Waals surface area (Å²) in [4.78, 5) is 2.65. The number of hydrazine groups is 1. The molecule has 0 radical (unpaired) electrons. The van der Waals surface area contributed by atoms with Crippen LogP contribution in [0.25, 0.3) is 0 Å². The van der Waals surface area contributed by atoms with Crippen molar-refractivity contribution in [3.8, 4) is 0 Å². The summed E-state index contributed by atoms with van der Waals surface area (Å²) in [7, 11) is 3.64. The van der Waals surface area contributed by atoms with Crippen molar-refractivity contribution in [1.29, 1.82) is 0 Å². The summed E-state index contributed by atoms with van der Waals surface area (Å²) in [5.41, 5.74) is 7.30. The average Bonchev–Trinajstić information content (AvgIpc) is 3.42. The van der Waals surface area contributed by atoms with E-state index < -0.39 is 0 Å². The molecule has 2 saturated carbocycles. The van der Waals surface area contributed by atoms with E-state index in [1.54, 1.807) is 0 Å². The van der Waals surface area contributed by atoms with Gasteiger partial charge in [0.05, 0.1) is 24.3 Å². The zero-order valence-electron chi connectivity index (χ0n) is 17.4. The Morgan fingerprint density at radius 2 is 1.86 bits per heavy atom. The van der Waals surface area contributed by atoms with E-state index in [2.05, 4.69) is 44.6 Å². The van der Waals surface area contributed by atoms with Crippen LogP contribution in [0.3, 0.4) is 0 Å². The van der Waals surface area contributed by atoms with Crippen LogP contribution >= 0.6 is 23.5 Å². The van der Waals surface area contributed by atoms with E-state index >= 15 is 0 Å². The van der Waals surface area contributed by atoms with E-state index in [1.807, 2.05) is 14.2 Å². The third kappa shape index (κ3) is 5.19. The van der Waals surface area contributed by atoms with Crippen molar-refractivity contribution in [2.75, 3.05) is 32.4 Å². The van der Waals surface area contributed by atoms with Gasteiger partial charge in [0.1, 0.15) is 5.50 Å². The lowest BCUT2D eigenvalue weighted by atomic mass is 9.84. The highest BCUT2D eigenvalue weighted by Gasteiger charge is 2.38. The van der Waals surface area contributed by atoms with E-state index in [-0.39, 0.29) is 12.2 Å². The van der Waals surface area contributed by atoms with Crippen LogP contribution in [0.4, 0.5) is 0 Å². The molecule has 162 valence electrons. The van der Waals surface area contributed by atoms with E-state index in [1.165, 1.54) is 50.0 Å². The Bertz CT molecular complexity index is 483. The largest absolute Gasteiger partial charge is 0.379 e. The number of thioether (sulfide) groups is 2. The zero-order valence-corrected chi connectivity index (χ0v) is 19.0. The van der Waals surface area contributed by atoms with Crippen molar-refractivity contribution >= 4 is 23.5 Å². The second-order valence-electron chi connectivity index (χ2n) is 8.71. The van der Waals surface area contributed by atoms with Gasteiger partial charge >= 0.3 is 0 Å². The minimum absolute atomic E-state index is 0.248. The lowest BCUT2D eigenvalue weighted by Gasteiger charge is -2.37. The first-order valence-corrected chi connectivity index (χ1v) is 13.2. The second-order valence-corrected chi connectivity index (χ2v) is 11.0. The smallest absolute Gasteiger partial charge is 0.122 e. The Morgan fingerprint density at radius 1 is 1.04 bits per heavy atom. The molecule has 2 saturated heterocycles. The highest BCUT2D eigenvalue weighted by atomic mass is 32.2. The summed E-state index contributed by atoms with van der Waals surface area (Å²) in [6.07, 6.45) is 10.9. The van der Waals surface area contributed by atoms with Crippen molar-refractivity contribution < 1.29 is 9.47 Å². The molecule has 4 aliphatic rings. The van der Waals surface area contributed by atoms with Crippen LogP contribution in [-0.2, 0) is 9.47 Å². The molecule has 28 heavy (non-hydrogen) atoms. The van der Waals surface area contributed by atoms with Gasteiger partial charge in [-0.2, -0.15) is 0 Å². The number of ether oxygens (including phenoxy) is 2. The van der Waals surface area contributed by atoms with Gasteiger partial charge in [-0.3, -0.25) is 4.90 Å². The predicted molar refractivity (Wildman–Crippen MR) is 118 cm³/mol. The molecule has 8 heteroatoms. The first-order valence-electron chi connectivity index (χ1n) is 11.1. The van der Waals surface area contributed by atoms with Gasteiger partial charge in [-0.1, -0.05) is 19.3 Å². The van der Waals surface area contributed by atoms with Gasteiger partial charge in [-0.05, 0) is 38.0 Å². The normalized spacial score (nSPS) is 40.9. The summed E-state index contributed by atoms with van der Waals surface area (Å²) >= 11 is 4.19. The van der Waals surface area contributed by atoms with Crippen molar-refractivity contribution in [1.82, 2.24) is 21.1 Å². The molecule has 0 aromatic rings. The van der Waals surface area contributed by atoms with Gasteiger partial charge in [0.15, 0.2) is 0 Å². The van der Waals surface area contributed by atoms with Crippen molar-refractivity contribution in [2.45, 2.75) is 86.5 Å². The van der Waals surface area contributed by atoms with Gasteiger partial charge in [-0.25, -0.2) is 10.9 Å². The zero-order chi connectivity index (χ0) is 19.3. The minimum Gasteiger partial charge on any atom is -0.379 e. The number of nitrogens with zero attached hydrogens (tertiary/aromatic N) is 1. The lowest BCUT2D eigenvalue weighted by molar-refractivity contribution is -0.0710. The van der Waals surface area contributed by atoms with Gasteiger partial charge in [0.2, 0.25) is 0 Å². The quantitative estimate of drug-likeness (QED) is 0.570. The van der Waals surface area contributed by atoms with Crippen molar-refractivity contribution in [3.63, 3.8) is 0 Å². The molecule has 2 heterocycles. The molecule has 2 aliphatic heterocycles. The third-order valence-electron chi connectivity index (χ3n) is 6.97. The van der Waals surface area contributed by atoms with Crippen molar-refractivity contribution in [3.05, 3.63) is 0 Å². The van der Waals surface area contributed by atoms with Crippen LogP contribution in [0, 0.1) is 5.92 Å². The van der Waals surface area contributed by atoms with E-state index in [0.717, 1.165) is 25.6 Å². The molecular weight excluding hydrogens is 392 g/mol. The van der Waals surface area contributed by atoms with Crippen LogP contribution in [0.2, 0.25) is 0 Å². The summed E-state index contributed by atoms with van der Waals surface area (Å²) in [5, 5.41) is 4.51. The average molecular weight is 431 g/mol. The third-order valence-corrected chi connectivity index (χ3v) is 9.74. The number of hydrogen-bond acceptors (Lipinski definition) is 8. The second kappa shape index (κ2) is 10.7. The summed E-state index contributed by atoms with van der Waals surface area (Å²) in [6.45, 7) is 0.985. The van der Waals surface area contributed by atoms with Crippen LogP contribution < -0.4 is 16.2 Å². The van der Waals surface area contributed by atoms with Gasteiger partial charge in [-0.15, -0.1) is 23.5 Å². The fourth-order valence-corrected chi connectivity index (χ4v) is 8.15.